The molecule has 0 aliphatic rings. The Kier molecular flexibility index (Phi) is 5.73. The van der Waals surface area contributed by atoms with Crippen molar-refractivity contribution in [3.05, 3.63) is 69.2 Å². The van der Waals surface area contributed by atoms with Crippen molar-refractivity contribution in [2.24, 2.45) is 0 Å². The molecule has 8 nitrogen and oxygen atoms in total. The highest BCUT2D eigenvalue weighted by Gasteiger charge is 2.32. The maximum atomic E-state index is 12.4. The number of carbonyl (C=O) groups is 1. The molecule has 0 radical (unpaired) electrons. The SMILES string of the molecule is COC(=O)[C@H](OS(=O)(=O)c1cccc([N+](=O)[O-])c1)c1ccccc1Cl. The van der Waals surface area contributed by atoms with Gasteiger partial charge in [-0.05, 0) is 12.1 Å². The number of esters is 1. The van der Waals surface area contributed by atoms with Gasteiger partial charge in [0.05, 0.1) is 12.0 Å². The zero-order valence-electron chi connectivity index (χ0n) is 12.8. The molecule has 0 heterocycles. The van der Waals surface area contributed by atoms with Gasteiger partial charge in [-0.25, -0.2) is 8.98 Å². The lowest BCUT2D eigenvalue weighted by atomic mass is 10.1. The number of non-ortho nitro benzene ring substituents is 1. The van der Waals surface area contributed by atoms with Crippen LogP contribution in [0.25, 0.3) is 0 Å². The highest BCUT2D eigenvalue weighted by Crippen LogP contribution is 2.30. The van der Waals surface area contributed by atoms with Crippen LogP contribution in [-0.2, 0) is 23.8 Å². The van der Waals surface area contributed by atoms with E-state index in [1.807, 2.05) is 0 Å². The van der Waals surface area contributed by atoms with E-state index in [1.165, 1.54) is 18.2 Å². The van der Waals surface area contributed by atoms with Gasteiger partial charge in [-0.3, -0.25) is 10.1 Å². The van der Waals surface area contributed by atoms with Crippen molar-refractivity contribution in [3.63, 3.8) is 0 Å². The smallest absolute Gasteiger partial charge is 0.341 e. The minimum atomic E-state index is -4.50. The summed E-state index contributed by atoms with van der Waals surface area (Å²) in [4.78, 5) is 21.6. The van der Waals surface area contributed by atoms with Gasteiger partial charge < -0.3 is 4.74 Å². The number of carbonyl (C=O) groups excluding carboxylic acids is 1. The second kappa shape index (κ2) is 7.60. The number of halogens is 1. The van der Waals surface area contributed by atoms with E-state index in [1.54, 1.807) is 12.1 Å². The van der Waals surface area contributed by atoms with E-state index < -0.39 is 37.7 Å². The van der Waals surface area contributed by atoms with E-state index in [0.717, 1.165) is 25.3 Å². The van der Waals surface area contributed by atoms with E-state index in [9.17, 15) is 23.3 Å². The highest BCUT2D eigenvalue weighted by molar-refractivity contribution is 7.86. The first kappa shape index (κ1) is 18.8. The second-order valence-electron chi connectivity index (χ2n) is 4.73. The Morgan fingerprint density at radius 3 is 2.48 bits per heavy atom. The van der Waals surface area contributed by atoms with Crippen LogP contribution in [0.4, 0.5) is 5.69 Å². The van der Waals surface area contributed by atoms with Gasteiger partial charge in [0.2, 0.25) is 6.10 Å². The molecule has 0 saturated heterocycles. The van der Waals surface area contributed by atoms with Crippen LogP contribution in [0.2, 0.25) is 5.02 Å². The van der Waals surface area contributed by atoms with Crippen LogP contribution in [0.3, 0.4) is 0 Å². The second-order valence-corrected chi connectivity index (χ2v) is 6.71. The molecule has 0 aromatic heterocycles. The first-order valence-electron chi connectivity index (χ1n) is 6.76. The molecule has 0 aliphatic carbocycles. The third-order valence-electron chi connectivity index (χ3n) is 3.14. The maximum absolute atomic E-state index is 12.4. The van der Waals surface area contributed by atoms with E-state index in [-0.39, 0.29) is 10.6 Å². The van der Waals surface area contributed by atoms with Gasteiger partial charge in [0.1, 0.15) is 4.90 Å². The van der Waals surface area contributed by atoms with Gasteiger partial charge >= 0.3 is 5.97 Å². The Bertz CT molecular complexity index is 914. The summed E-state index contributed by atoms with van der Waals surface area (Å²) in [5.41, 5.74) is -0.345. The number of nitrogens with zero attached hydrogens (tertiary/aromatic N) is 1. The Morgan fingerprint density at radius 2 is 1.88 bits per heavy atom. The van der Waals surface area contributed by atoms with Crippen molar-refractivity contribution in [1.82, 2.24) is 0 Å². The van der Waals surface area contributed by atoms with E-state index in [4.69, 9.17) is 15.8 Å². The number of hydrogen-bond acceptors (Lipinski definition) is 7. The normalized spacial score (nSPS) is 12.4. The topological polar surface area (TPSA) is 113 Å². The molecule has 2 aromatic rings. The highest BCUT2D eigenvalue weighted by atomic mass is 35.5. The minimum Gasteiger partial charge on any atom is -0.467 e. The number of nitro benzene ring substituents is 1. The molecule has 0 spiro atoms. The molecule has 0 amide bonds. The van der Waals surface area contributed by atoms with Crippen molar-refractivity contribution >= 4 is 33.4 Å². The average Bonchev–Trinajstić information content (AvgIpc) is 2.60. The van der Waals surface area contributed by atoms with Crippen molar-refractivity contribution in [2.45, 2.75) is 11.0 Å². The Labute approximate surface area is 148 Å². The number of methoxy groups -OCH3 is 1. The third kappa shape index (κ3) is 4.32. The molecule has 2 aromatic carbocycles. The quantitative estimate of drug-likeness (QED) is 0.325. The monoisotopic (exact) mass is 385 g/mol. The molecule has 132 valence electrons. The summed E-state index contributed by atoms with van der Waals surface area (Å²) in [7, 11) is -3.43. The number of hydrogen-bond donors (Lipinski definition) is 0. The van der Waals surface area contributed by atoms with Crippen molar-refractivity contribution in [2.75, 3.05) is 7.11 Å². The zero-order valence-corrected chi connectivity index (χ0v) is 14.4. The van der Waals surface area contributed by atoms with Crippen LogP contribution in [0, 0.1) is 10.1 Å². The molecule has 0 unspecified atom stereocenters. The lowest BCUT2D eigenvalue weighted by Gasteiger charge is -2.16. The zero-order chi connectivity index (χ0) is 18.6. The number of benzene rings is 2. The molecule has 0 fully saturated rings. The van der Waals surface area contributed by atoms with Crippen LogP contribution in [0.1, 0.15) is 11.7 Å². The fourth-order valence-corrected chi connectivity index (χ4v) is 3.24. The lowest BCUT2D eigenvalue weighted by Crippen LogP contribution is -2.21. The lowest BCUT2D eigenvalue weighted by molar-refractivity contribution is -0.385. The molecule has 1 atom stereocenters. The largest absolute Gasteiger partial charge is 0.467 e. The Hall–Kier alpha value is -2.49. The van der Waals surface area contributed by atoms with Crippen LogP contribution >= 0.6 is 11.6 Å². The summed E-state index contributed by atoms with van der Waals surface area (Å²) in [6.45, 7) is 0. The van der Waals surface area contributed by atoms with Crippen molar-refractivity contribution in [1.29, 1.82) is 0 Å². The van der Waals surface area contributed by atoms with Crippen LogP contribution < -0.4 is 0 Å². The summed E-state index contributed by atoms with van der Waals surface area (Å²) in [5, 5.41) is 10.9. The minimum absolute atomic E-state index is 0.0880. The van der Waals surface area contributed by atoms with Gasteiger partial charge in [0.25, 0.3) is 15.8 Å². The standard InChI is InChI=1S/C15H12ClNO7S/c1-23-15(18)14(12-7-2-3-8-13(12)16)24-25(21,22)11-6-4-5-10(9-11)17(19)20/h2-9,14H,1H3/t14-/m1/s1. The predicted octanol–water partition coefficient (Wildman–Crippen LogP) is 2.87. The van der Waals surface area contributed by atoms with Gasteiger partial charge in [-0.15, -0.1) is 0 Å². The number of nitro groups is 1. The van der Waals surface area contributed by atoms with Gasteiger partial charge in [-0.2, -0.15) is 8.42 Å². The molecule has 2 rings (SSSR count). The molecule has 25 heavy (non-hydrogen) atoms. The molecular formula is C15H12ClNO7S. The van der Waals surface area contributed by atoms with Crippen LogP contribution in [0.5, 0.6) is 0 Å². The van der Waals surface area contributed by atoms with E-state index in [2.05, 4.69) is 4.74 Å². The molecule has 10 heteroatoms. The molecular weight excluding hydrogens is 374 g/mol. The molecule has 0 aliphatic heterocycles. The first-order valence-corrected chi connectivity index (χ1v) is 8.55. The summed E-state index contributed by atoms with van der Waals surface area (Å²) >= 11 is 5.99. The van der Waals surface area contributed by atoms with Gasteiger partial charge in [0.15, 0.2) is 0 Å². The summed E-state index contributed by atoms with van der Waals surface area (Å²) < 4.78 is 34.4. The van der Waals surface area contributed by atoms with Crippen molar-refractivity contribution < 1.29 is 27.1 Å². The Balaban J connectivity index is 2.44. The van der Waals surface area contributed by atoms with Crippen molar-refractivity contribution in [3.8, 4) is 0 Å². The Morgan fingerprint density at radius 1 is 1.20 bits per heavy atom. The first-order chi connectivity index (χ1) is 11.8. The van der Waals surface area contributed by atoms with Crippen LogP contribution in [0.15, 0.2) is 53.4 Å². The van der Waals surface area contributed by atoms with E-state index >= 15 is 0 Å². The van der Waals surface area contributed by atoms with Crippen LogP contribution in [-0.4, -0.2) is 26.4 Å². The molecule has 0 bridgehead atoms. The third-order valence-corrected chi connectivity index (χ3v) is 4.76. The average molecular weight is 386 g/mol. The fourth-order valence-electron chi connectivity index (χ4n) is 1.95. The summed E-state index contributed by atoms with van der Waals surface area (Å²) in [6, 6.07) is 10.3. The van der Waals surface area contributed by atoms with Gasteiger partial charge in [0, 0.05) is 22.7 Å². The number of rotatable bonds is 6. The number of ether oxygens (including phenoxy) is 1. The maximum Gasteiger partial charge on any atom is 0.341 e. The van der Waals surface area contributed by atoms with Gasteiger partial charge in [-0.1, -0.05) is 35.9 Å². The molecule has 0 N–H and O–H groups in total. The predicted molar refractivity (Wildman–Crippen MR) is 87.6 cm³/mol. The summed E-state index contributed by atoms with van der Waals surface area (Å²) in [5.74, 6) is -0.984. The molecule has 0 saturated carbocycles. The fraction of sp³-hybridized carbons (Fsp3) is 0.133. The van der Waals surface area contributed by atoms with E-state index in [0.29, 0.717) is 0 Å². The summed E-state index contributed by atoms with van der Waals surface area (Å²) in [6.07, 6.45) is -1.65.